The minimum atomic E-state index is -4.74. The Balaban J connectivity index is 2.88. The standard InChI is InChI=1S/C12H13BrF3NO2S/c1-11(2,3)20(18)17-7-8-4-5-10(9(13)6-8)19-12(14,15)16/h4-7H,1-3H3. The first-order chi connectivity index (χ1) is 8.99. The SMILES string of the molecule is CC(C)(C)S(=O)N=Cc1ccc(OC(F)(F)F)c(Br)c1. The quantitative estimate of drug-likeness (QED) is 0.745. The molecule has 1 rings (SSSR count). The molecule has 0 aliphatic carbocycles. The van der Waals surface area contributed by atoms with Gasteiger partial charge in [0.15, 0.2) is 0 Å². The molecule has 0 saturated heterocycles. The molecule has 1 atom stereocenters. The van der Waals surface area contributed by atoms with Crippen LogP contribution in [0, 0.1) is 0 Å². The van der Waals surface area contributed by atoms with Crippen LogP contribution in [0.1, 0.15) is 26.3 Å². The van der Waals surface area contributed by atoms with Crippen LogP contribution in [0.2, 0.25) is 0 Å². The molecular weight excluding hydrogens is 359 g/mol. The maximum atomic E-state index is 12.1. The van der Waals surface area contributed by atoms with Crippen LogP contribution in [0.15, 0.2) is 27.1 Å². The molecule has 3 nitrogen and oxygen atoms in total. The highest BCUT2D eigenvalue weighted by molar-refractivity contribution is 9.10. The van der Waals surface area contributed by atoms with Crippen molar-refractivity contribution >= 4 is 33.1 Å². The van der Waals surface area contributed by atoms with Crippen molar-refractivity contribution in [2.75, 3.05) is 0 Å². The van der Waals surface area contributed by atoms with Crippen molar-refractivity contribution in [2.24, 2.45) is 4.40 Å². The third kappa shape index (κ3) is 5.62. The molecule has 8 heteroatoms. The molecule has 0 N–H and O–H groups in total. The maximum Gasteiger partial charge on any atom is 0.573 e. The average Bonchev–Trinajstić information content (AvgIpc) is 2.26. The molecule has 0 aromatic heterocycles. The second-order valence-corrected chi connectivity index (χ2v) is 7.62. The first kappa shape index (κ1) is 17.2. The molecule has 0 aliphatic rings. The van der Waals surface area contributed by atoms with Gasteiger partial charge in [-0.05, 0) is 60.5 Å². The van der Waals surface area contributed by atoms with Crippen LogP contribution in [0.5, 0.6) is 5.75 Å². The molecule has 0 radical (unpaired) electrons. The van der Waals surface area contributed by atoms with Gasteiger partial charge in [-0.2, -0.15) is 4.40 Å². The zero-order valence-corrected chi connectivity index (χ0v) is 13.4. The van der Waals surface area contributed by atoms with Gasteiger partial charge in [-0.25, -0.2) is 4.21 Å². The molecule has 0 spiro atoms. The summed E-state index contributed by atoms with van der Waals surface area (Å²) in [5.41, 5.74) is 0.518. The summed E-state index contributed by atoms with van der Waals surface area (Å²) in [5, 5.41) is 0. The molecule has 0 fully saturated rings. The van der Waals surface area contributed by atoms with Crippen molar-refractivity contribution in [3.63, 3.8) is 0 Å². The molecule has 1 unspecified atom stereocenters. The molecule has 0 aliphatic heterocycles. The van der Waals surface area contributed by atoms with Crippen LogP contribution in [0.4, 0.5) is 13.2 Å². The van der Waals surface area contributed by atoms with Gasteiger partial charge in [-0.3, -0.25) is 0 Å². The predicted octanol–water partition coefficient (Wildman–Crippen LogP) is 4.23. The van der Waals surface area contributed by atoms with E-state index in [1.54, 1.807) is 20.8 Å². The Bertz CT molecular complexity index is 538. The molecule has 0 saturated carbocycles. The second-order valence-electron chi connectivity index (χ2n) is 4.83. The van der Waals surface area contributed by atoms with E-state index in [0.717, 1.165) is 0 Å². The van der Waals surface area contributed by atoms with Gasteiger partial charge in [0.25, 0.3) is 0 Å². The lowest BCUT2D eigenvalue weighted by atomic mass is 10.2. The predicted molar refractivity (Wildman–Crippen MR) is 76.3 cm³/mol. The lowest BCUT2D eigenvalue weighted by Gasteiger charge is -2.13. The molecule has 1 aromatic carbocycles. The topological polar surface area (TPSA) is 38.7 Å². The van der Waals surface area contributed by atoms with Crippen molar-refractivity contribution in [2.45, 2.75) is 31.9 Å². The van der Waals surface area contributed by atoms with E-state index < -0.39 is 22.1 Å². The van der Waals surface area contributed by atoms with E-state index in [2.05, 4.69) is 25.1 Å². The van der Waals surface area contributed by atoms with Crippen LogP contribution < -0.4 is 4.74 Å². The molecule has 20 heavy (non-hydrogen) atoms. The van der Waals surface area contributed by atoms with Crippen LogP contribution in [-0.2, 0) is 11.0 Å². The van der Waals surface area contributed by atoms with Gasteiger partial charge in [-0.15, -0.1) is 13.2 Å². The highest BCUT2D eigenvalue weighted by Crippen LogP contribution is 2.30. The number of alkyl halides is 3. The summed E-state index contributed by atoms with van der Waals surface area (Å²) in [7, 11) is -1.42. The Morgan fingerprint density at radius 3 is 2.35 bits per heavy atom. The monoisotopic (exact) mass is 371 g/mol. The van der Waals surface area contributed by atoms with Crippen molar-refractivity contribution in [1.29, 1.82) is 0 Å². The first-order valence-electron chi connectivity index (χ1n) is 5.50. The number of benzene rings is 1. The molecule has 1 aromatic rings. The van der Waals surface area contributed by atoms with Crippen molar-refractivity contribution in [1.82, 2.24) is 0 Å². The highest BCUT2D eigenvalue weighted by atomic mass is 79.9. The van der Waals surface area contributed by atoms with Crippen molar-refractivity contribution < 1.29 is 22.1 Å². The Hall–Kier alpha value is -0.890. The zero-order valence-electron chi connectivity index (χ0n) is 11.0. The second kappa shape index (κ2) is 6.26. The van der Waals surface area contributed by atoms with E-state index >= 15 is 0 Å². The smallest absolute Gasteiger partial charge is 0.405 e. The molecule has 0 heterocycles. The Morgan fingerprint density at radius 1 is 1.30 bits per heavy atom. The Labute approximate surface area is 126 Å². The fourth-order valence-electron chi connectivity index (χ4n) is 1.07. The van der Waals surface area contributed by atoms with Gasteiger partial charge < -0.3 is 4.74 Å². The number of halogens is 4. The largest absolute Gasteiger partial charge is 0.573 e. The number of hydrogen-bond acceptors (Lipinski definition) is 2. The van der Waals surface area contributed by atoms with Crippen LogP contribution >= 0.6 is 15.9 Å². The van der Waals surface area contributed by atoms with E-state index in [-0.39, 0.29) is 10.2 Å². The normalized spacial score (nSPS) is 14.6. The maximum absolute atomic E-state index is 12.1. The zero-order chi connectivity index (χ0) is 15.6. The summed E-state index contributed by atoms with van der Waals surface area (Å²) >= 11 is 2.98. The summed E-state index contributed by atoms with van der Waals surface area (Å²) in [6.07, 6.45) is -3.39. The van der Waals surface area contributed by atoms with E-state index in [1.165, 1.54) is 24.4 Å². The van der Waals surface area contributed by atoms with Crippen LogP contribution in [0.25, 0.3) is 0 Å². The van der Waals surface area contributed by atoms with Gasteiger partial charge in [-0.1, -0.05) is 0 Å². The Morgan fingerprint density at radius 2 is 1.90 bits per heavy atom. The fraction of sp³-hybridized carbons (Fsp3) is 0.417. The highest BCUT2D eigenvalue weighted by Gasteiger charge is 2.31. The summed E-state index contributed by atoms with van der Waals surface area (Å²) in [6, 6.07) is 3.97. The van der Waals surface area contributed by atoms with Gasteiger partial charge in [0.2, 0.25) is 0 Å². The summed E-state index contributed by atoms with van der Waals surface area (Å²) in [4.78, 5) is 0. The van der Waals surface area contributed by atoms with E-state index in [9.17, 15) is 17.4 Å². The summed E-state index contributed by atoms with van der Waals surface area (Å²) in [5.74, 6) is -0.341. The lowest BCUT2D eigenvalue weighted by Crippen LogP contribution is -2.19. The van der Waals surface area contributed by atoms with E-state index in [4.69, 9.17) is 0 Å². The van der Waals surface area contributed by atoms with Crippen molar-refractivity contribution in [3.8, 4) is 5.75 Å². The molecule has 0 bridgehead atoms. The number of ether oxygens (including phenoxy) is 1. The third-order valence-corrected chi connectivity index (χ3v) is 3.97. The fourth-order valence-corrected chi connectivity index (χ4v) is 2.08. The number of rotatable bonds is 3. The number of hydrogen-bond donors (Lipinski definition) is 0. The first-order valence-corrected chi connectivity index (χ1v) is 7.40. The van der Waals surface area contributed by atoms with E-state index in [1.807, 2.05) is 0 Å². The van der Waals surface area contributed by atoms with Gasteiger partial charge in [0.1, 0.15) is 16.7 Å². The van der Waals surface area contributed by atoms with Crippen LogP contribution in [0.3, 0.4) is 0 Å². The lowest BCUT2D eigenvalue weighted by molar-refractivity contribution is -0.274. The minimum absolute atomic E-state index is 0.139. The van der Waals surface area contributed by atoms with Gasteiger partial charge >= 0.3 is 6.36 Å². The molecular formula is C12H13BrF3NO2S. The average molecular weight is 372 g/mol. The Kier molecular flexibility index (Phi) is 5.37. The van der Waals surface area contributed by atoms with Gasteiger partial charge in [0.05, 0.1) is 9.22 Å². The van der Waals surface area contributed by atoms with Gasteiger partial charge in [0, 0.05) is 6.21 Å². The van der Waals surface area contributed by atoms with E-state index in [0.29, 0.717) is 5.56 Å². The third-order valence-electron chi connectivity index (χ3n) is 2.00. The van der Waals surface area contributed by atoms with Crippen molar-refractivity contribution in [3.05, 3.63) is 28.2 Å². The summed E-state index contributed by atoms with van der Waals surface area (Å²) < 4.78 is 55.3. The van der Waals surface area contributed by atoms with Crippen LogP contribution in [-0.4, -0.2) is 21.5 Å². The molecule has 112 valence electrons. The minimum Gasteiger partial charge on any atom is -0.405 e. The molecule has 0 amide bonds. The summed E-state index contributed by atoms with van der Waals surface area (Å²) in [6.45, 7) is 5.32. The number of nitrogens with zero attached hydrogens (tertiary/aromatic N) is 1.